The van der Waals surface area contributed by atoms with Crippen molar-refractivity contribution < 1.29 is 22.8 Å². The summed E-state index contributed by atoms with van der Waals surface area (Å²) in [5.41, 5.74) is 0.0383. The number of hydrogen-bond donors (Lipinski definition) is 1. The standard InChI is InChI=1S/C14H12N2O7S/c1-9-2-5-14(24(21,22)23)11(6-9)7-10-8-12(15(17)18)3-4-13(10)16(19)20/h2-6,8H,7H2,1H3,(H,21,22,23). The van der Waals surface area contributed by atoms with Crippen molar-refractivity contribution >= 4 is 21.5 Å². The predicted octanol–water partition coefficient (Wildman–Crippen LogP) is 2.65. The van der Waals surface area contributed by atoms with Crippen LogP contribution < -0.4 is 0 Å². The SMILES string of the molecule is Cc1ccc(S(=O)(=O)O)c(Cc2cc([N+](=O)[O-])ccc2[N+](=O)[O-])c1. The Labute approximate surface area is 136 Å². The van der Waals surface area contributed by atoms with Crippen molar-refractivity contribution in [2.24, 2.45) is 0 Å². The third kappa shape index (κ3) is 3.73. The molecule has 10 heteroatoms. The number of nitro groups is 2. The molecule has 126 valence electrons. The molecule has 0 aliphatic rings. The van der Waals surface area contributed by atoms with Gasteiger partial charge < -0.3 is 0 Å². The Morgan fingerprint density at radius 3 is 2.21 bits per heavy atom. The zero-order valence-corrected chi connectivity index (χ0v) is 13.2. The molecule has 2 aromatic carbocycles. The van der Waals surface area contributed by atoms with Crippen LogP contribution in [0.15, 0.2) is 41.3 Å². The van der Waals surface area contributed by atoms with Crippen LogP contribution in [0.1, 0.15) is 16.7 Å². The summed E-state index contributed by atoms with van der Waals surface area (Å²) in [6.45, 7) is 1.68. The second kappa shape index (κ2) is 6.34. The van der Waals surface area contributed by atoms with Gasteiger partial charge in [0.15, 0.2) is 0 Å². The monoisotopic (exact) mass is 352 g/mol. The molecule has 1 N–H and O–H groups in total. The molecule has 0 aliphatic heterocycles. The van der Waals surface area contributed by atoms with E-state index in [2.05, 4.69) is 0 Å². The highest BCUT2D eigenvalue weighted by Gasteiger charge is 2.22. The van der Waals surface area contributed by atoms with Gasteiger partial charge in [0.05, 0.1) is 14.7 Å². The summed E-state index contributed by atoms with van der Waals surface area (Å²) in [5.74, 6) is 0. The predicted molar refractivity (Wildman–Crippen MR) is 83.6 cm³/mol. The van der Waals surface area contributed by atoms with Gasteiger partial charge >= 0.3 is 0 Å². The molecule has 0 saturated carbocycles. The van der Waals surface area contributed by atoms with Gasteiger partial charge in [-0.2, -0.15) is 8.42 Å². The lowest BCUT2D eigenvalue weighted by Gasteiger charge is -2.09. The topological polar surface area (TPSA) is 141 Å². The second-order valence-electron chi connectivity index (χ2n) is 5.09. The van der Waals surface area contributed by atoms with E-state index < -0.39 is 24.9 Å². The van der Waals surface area contributed by atoms with Gasteiger partial charge in [-0.1, -0.05) is 17.7 Å². The third-order valence-corrected chi connectivity index (χ3v) is 4.30. The van der Waals surface area contributed by atoms with Gasteiger partial charge in [-0.25, -0.2) is 0 Å². The van der Waals surface area contributed by atoms with Crippen molar-refractivity contribution in [1.82, 2.24) is 0 Å². The molecule has 0 bridgehead atoms. The molecule has 2 aromatic rings. The Hall–Kier alpha value is -2.85. The number of non-ortho nitro benzene ring substituents is 1. The molecule has 2 rings (SSSR count). The van der Waals surface area contributed by atoms with Crippen LogP contribution in [0.4, 0.5) is 11.4 Å². The summed E-state index contributed by atoms with van der Waals surface area (Å²) in [6.07, 6.45) is -0.255. The van der Waals surface area contributed by atoms with Gasteiger partial charge in [0.2, 0.25) is 0 Å². The molecule has 0 amide bonds. The quantitative estimate of drug-likeness (QED) is 0.495. The Bertz CT molecular complexity index is 938. The van der Waals surface area contributed by atoms with Crippen LogP contribution >= 0.6 is 0 Å². The lowest BCUT2D eigenvalue weighted by atomic mass is 10.0. The number of benzene rings is 2. The van der Waals surface area contributed by atoms with E-state index >= 15 is 0 Å². The van der Waals surface area contributed by atoms with E-state index in [0.29, 0.717) is 5.56 Å². The summed E-state index contributed by atoms with van der Waals surface area (Å²) >= 11 is 0. The second-order valence-corrected chi connectivity index (χ2v) is 6.48. The molecule has 0 unspecified atom stereocenters. The minimum absolute atomic E-state index is 0.0234. The lowest BCUT2D eigenvalue weighted by molar-refractivity contribution is -0.389. The summed E-state index contributed by atoms with van der Waals surface area (Å²) < 4.78 is 32.2. The molecular formula is C14H12N2O7S. The fraction of sp³-hybridized carbons (Fsp3) is 0.143. The van der Waals surface area contributed by atoms with Crippen LogP contribution in [0, 0.1) is 27.2 Å². The number of hydrogen-bond acceptors (Lipinski definition) is 6. The minimum Gasteiger partial charge on any atom is -0.282 e. The fourth-order valence-electron chi connectivity index (χ4n) is 2.31. The van der Waals surface area contributed by atoms with Gasteiger partial charge in [-0.05, 0) is 18.6 Å². The van der Waals surface area contributed by atoms with Gasteiger partial charge in [-0.3, -0.25) is 24.8 Å². The molecule has 24 heavy (non-hydrogen) atoms. The van der Waals surface area contributed by atoms with Crippen molar-refractivity contribution in [3.05, 3.63) is 73.3 Å². The van der Waals surface area contributed by atoms with E-state index in [9.17, 15) is 33.2 Å². The zero-order chi connectivity index (χ0) is 18.1. The minimum atomic E-state index is -4.53. The van der Waals surface area contributed by atoms with E-state index in [1.54, 1.807) is 6.92 Å². The molecule has 0 aliphatic carbocycles. The Balaban J connectivity index is 2.63. The van der Waals surface area contributed by atoms with Gasteiger partial charge in [0.1, 0.15) is 0 Å². The molecule has 0 aromatic heterocycles. The van der Waals surface area contributed by atoms with Gasteiger partial charge in [-0.15, -0.1) is 0 Å². The number of aryl methyl sites for hydroxylation is 1. The highest BCUT2D eigenvalue weighted by atomic mass is 32.2. The highest BCUT2D eigenvalue weighted by molar-refractivity contribution is 7.85. The van der Waals surface area contributed by atoms with Crippen LogP contribution in [0.3, 0.4) is 0 Å². The zero-order valence-electron chi connectivity index (χ0n) is 12.4. The Morgan fingerprint density at radius 2 is 1.67 bits per heavy atom. The molecular weight excluding hydrogens is 340 g/mol. The van der Waals surface area contributed by atoms with Gasteiger partial charge in [0.25, 0.3) is 21.5 Å². The number of nitrogens with zero attached hydrogens (tertiary/aromatic N) is 2. The molecule has 0 atom stereocenters. The largest absolute Gasteiger partial charge is 0.294 e. The first-order chi connectivity index (χ1) is 11.1. The Kier molecular flexibility index (Phi) is 4.62. The van der Waals surface area contributed by atoms with Crippen molar-refractivity contribution in [3.63, 3.8) is 0 Å². The molecule has 0 radical (unpaired) electrons. The van der Waals surface area contributed by atoms with Crippen molar-refractivity contribution in [3.8, 4) is 0 Å². The number of nitro benzene ring substituents is 2. The molecule has 0 heterocycles. The van der Waals surface area contributed by atoms with Crippen LogP contribution in [0.5, 0.6) is 0 Å². The van der Waals surface area contributed by atoms with E-state index in [4.69, 9.17) is 0 Å². The van der Waals surface area contributed by atoms with Crippen molar-refractivity contribution in [2.75, 3.05) is 0 Å². The molecule has 0 saturated heterocycles. The maximum atomic E-state index is 11.5. The number of rotatable bonds is 5. The molecule has 9 nitrogen and oxygen atoms in total. The Morgan fingerprint density at radius 1 is 1.00 bits per heavy atom. The lowest BCUT2D eigenvalue weighted by Crippen LogP contribution is -2.06. The first-order valence-corrected chi connectivity index (χ1v) is 8.02. The highest BCUT2D eigenvalue weighted by Crippen LogP contribution is 2.28. The van der Waals surface area contributed by atoms with Crippen LogP contribution in [-0.4, -0.2) is 22.8 Å². The maximum Gasteiger partial charge on any atom is 0.294 e. The normalized spacial score (nSPS) is 11.2. The van der Waals surface area contributed by atoms with Gasteiger partial charge in [0, 0.05) is 30.2 Å². The average Bonchev–Trinajstić information content (AvgIpc) is 2.45. The van der Waals surface area contributed by atoms with Crippen LogP contribution in [0.2, 0.25) is 0 Å². The van der Waals surface area contributed by atoms with Crippen LogP contribution in [0.25, 0.3) is 0 Å². The summed E-state index contributed by atoms with van der Waals surface area (Å²) in [5, 5.41) is 22.0. The van der Waals surface area contributed by atoms with E-state index in [1.807, 2.05) is 0 Å². The molecule has 0 fully saturated rings. The summed E-state index contributed by atoms with van der Waals surface area (Å²) in [4.78, 5) is 20.2. The maximum absolute atomic E-state index is 11.5. The smallest absolute Gasteiger partial charge is 0.282 e. The first kappa shape index (κ1) is 17.5. The van der Waals surface area contributed by atoms with Crippen LogP contribution in [-0.2, 0) is 16.5 Å². The summed E-state index contributed by atoms with van der Waals surface area (Å²) in [6, 6.07) is 7.12. The van der Waals surface area contributed by atoms with E-state index in [-0.39, 0.29) is 28.9 Å². The first-order valence-electron chi connectivity index (χ1n) is 6.58. The van der Waals surface area contributed by atoms with Crippen molar-refractivity contribution in [1.29, 1.82) is 0 Å². The van der Waals surface area contributed by atoms with E-state index in [0.717, 1.165) is 18.2 Å². The van der Waals surface area contributed by atoms with E-state index in [1.165, 1.54) is 18.2 Å². The molecule has 0 spiro atoms. The third-order valence-electron chi connectivity index (χ3n) is 3.35. The van der Waals surface area contributed by atoms with Crippen molar-refractivity contribution in [2.45, 2.75) is 18.2 Å². The summed E-state index contributed by atoms with van der Waals surface area (Å²) in [7, 11) is -4.53. The fourth-order valence-corrected chi connectivity index (χ4v) is 3.01. The average molecular weight is 352 g/mol.